The predicted octanol–water partition coefficient (Wildman–Crippen LogP) is 2.48. The number of phenols is 1. The number of hydrogen-bond donors (Lipinski definition) is 2. The van der Waals surface area contributed by atoms with Gasteiger partial charge in [-0.25, -0.2) is 4.79 Å². The lowest BCUT2D eigenvalue weighted by Gasteiger charge is -2.36. The molecule has 1 fully saturated rings. The quantitative estimate of drug-likeness (QED) is 0.866. The number of aliphatic carboxylic acids is 1. The maximum absolute atomic E-state index is 12.4. The van der Waals surface area contributed by atoms with Crippen molar-refractivity contribution >= 4 is 27.8 Å². The molecule has 2 N–H and O–H groups in total. The van der Waals surface area contributed by atoms with Crippen LogP contribution >= 0.6 is 15.9 Å². The van der Waals surface area contributed by atoms with E-state index in [1.807, 2.05) is 6.92 Å². The van der Waals surface area contributed by atoms with Gasteiger partial charge in [-0.15, -0.1) is 0 Å². The third kappa shape index (κ3) is 2.95. The van der Waals surface area contributed by atoms with E-state index in [4.69, 9.17) is 0 Å². The Bertz CT molecular complexity index is 546. The number of carboxylic acid groups (broad SMARTS) is 1. The van der Waals surface area contributed by atoms with Crippen molar-refractivity contribution in [1.82, 2.24) is 4.90 Å². The van der Waals surface area contributed by atoms with E-state index >= 15 is 0 Å². The molecule has 2 atom stereocenters. The lowest BCUT2D eigenvalue weighted by atomic mass is 9.92. The van der Waals surface area contributed by atoms with Gasteiger partial charge in [0.2, 0.25) is 0 Å². The van der Waals surface area contributed by atoms with Crippen LogP contribution in [0, 0.1) is 5.92 Å². The molecule has 1 saturated heterocycles. The number of piperidine rings is 1. The van der Waals surface area contributed by atoms with Crippen molar-refractivity contribution in [3.63, 3.8) is 0 Å². The fourth-order valence-corrected chi connectivity index (χ4v) is 2.81. The minimum Gasteiger partial charge on any atom is -0.507 e. The van der Waals surface area contributed by atoms with E-state index in [2.05, 4.69) is 15.9 Å². The number of amides is 1. The number of carboxylic acids is 1. The summed E-state index contributed by atoms with van der Waals surface area (Å²) in [6.07, 6.45) is 1.21. The molecule has 0 aromatic heterocycles. The highest BCUT2D eigenvalue weighted by Crippen LogP contribution is 2.28. The van der Waals surface area contributed by atoms with Crippen LogP contribution in [-0.4, -0.2) is 39.6 Å². The van der Waals surface area contributed by atoms with Gasteiger partial charge in [0.15, 0.2) is 0 Å². The minimum atomic E-state index is -0.999. The molecular formula is C14H16BrNO4. The Kier molecular flexibility index (Phi) is 4.32. The maximum Gasteiger partial charge on any atom is 0.326 e. The monoisotopic (exact) mass is 341 g/mol. The summed E-state index contributed by atoms with van der Waals surface area (Å²) in [5.41, 5.74) is 0.133. The van der Waals surface area contributed by atoms with E-state index in [0.29, 0.717) is 17.4 Å². The Morgan fingerprint density at radius 2 is 2.10 bits per heavy atom. The minimum absolute atomic E-state index is 0.133. The van der Waals surface area contributed by atoms with Crippen LogP contribution in [0.15, 0.2) is 22.7 Å². The van der Waals surface area contributed by atoms with E-state index < -0.39 is 17.9 Å². The number of nitrogens with zero attached hydrogens (tertiary/aromatic N) is 1. The molecule has 20 heavy (non-hydrogen) atoms. The molecule has 6 heteroatoms. The summed E-state index contributed by atoms with van der Waals surface area (Å²) in [4.78, 5) is 25.1. The van der Waals surface area contributed by atoms with E-state index in [-0.39, 0.29) is 17.2 Å². The third-order valence-electron chi connectivity index (χ3n) is 3.60. The zero-order valence-corrected chi connectivity index (χ0v) is 12.6. The molecule has 1 amide bonds. The summed E-state index contributed by atoms with van der Waals surface area (Å²) in [6.45, 7) is 2.38. The van der Waals surface area contributed by atoms with Crippen molar-refractivity contribution in [3.05, 3.63) is 28.2 Å². The van der Waals surface area contributed by atoms with E-state index in [1.54, 1.807) is 6.07 Å². The number of halogens is 1. The van der Waals surface area contributed by atoms with Crippen LogP contribution in [0.2, 0.25) is 0 Å². The Morgan fingerprint density at radius 1 is 1.40 bits per heavy atom. The Balaban J connectivity index is 2.28. The van der Waals surface area contributed by atoms with Crippen LogP contribution in [0.3, 0.4) is 0 Å². The van der Waals surface area contributed by atoms with Crippen molar-refractivity contribution in [2.24, 2.45) is 5.92 Å². The summed E-state index contributed by atoms with van der Waals surface area (Å²) < 4.78 is 0.661. The van der Waals surface area contributed by atoms with Crippen molar-refractivity contribution < 1.29 is 19.8 Å². The number of rotatable bonds is 2. The number of likely N-dealkylation sites (tertiary alicyclic amines) is 1. The number of hydrogen-bond acceptors (Lipinski definition) is 3. The first-order valence-electron chi connectivity index (χ1n) is 6.42. The summed E-state index contributed by atoms with van der Waals surface area (Å²) in [5.74, 6) is -1.30. The van der Waals surface area contributed by atoms with Crippen LogP contribution < -0.4 is 0 Å². The third-order valence-corrected chi connectivity index (χ3v) is 4.09. The van der Waals surface area contributed by atoms with Gasteiger partial charge >= 0.3 is 5.97 Å². The molecule has 0 saturated carbocycles. The molecule has 0 aliphatic carbocycles. The molecule has 1 aliphatic heterocycles. The second kappa shape index (κ2) is 5.83. The van der Waals surface area contributed by atoms with Crippen molar-refractivity contribution in [2.75, 3.05) is 6.54 Å². The second-order valence-corrected chi connectivity index (χ2v) is 6.06. The van der Waals surface area contributed by atoms with Crippen molar-refractivity contribution in [1.29, 1.82) is 0 Å². The van der Waals surface area contributed by atoms with Crippen LogP contribution in [0.4, 0.5) is 0 Å². The topological polar surface area (TPSA) is 77.8 Å². The number of phenolic OH excluding ortho intramolecular Hbond substituents is 1. The molecule has 0 spiro atoms. The van der Waals surface area contributed by atoms with E-state index in [0.717, 1.165) is 6.42 Å². The Hall–Kier alpha value is -1.56. The Labute approximate surface area is 125 Å². The van der Waals surface area contributed by atoms with Crippen molar-refractivity contribution in [2.45, 2.75) is 25.8 Å². The zero-order chi connectivity index (χ0) is 14.9. The standard InChI is InChI=1S/C14H16BrNO4/c1-8-4-5-16(11(6-8)14(19)20)13(18)10-3-2-9(15)7-12(10)17/h2-3,7-8,11,17H,4-6H2,1H3,(H,19,20). The van der Waals surface area contributed by atoms with Crippen LogP contribution in [0.25, 0.3) is 0 Å². The van der Waals surface area contributed by atoms with Gasteiger partial charge in [0.25, 0.3) is 5.91 Å². The summed E-state index contributed by atoms with van der Waals surface area (Å²) in [7, 11) is 0. The molecule has 108 valence electrons. The first-order valence-corrected chi connectivity index (χ1v) is 7.21. The highest BCUT2D eigenvalue weighted by atomic mass is 79.9. The van der Waals surface area contributed by atoms with Gasteiger partial charge in [-0.3, -0.25) is 4.79 Å². The average Bonchev–Trinajstić information content (AvgIpc) is 2.37. The molecule has 2 unspecified atom stereocenters. The van der Waals surface area contributed by atoms with Crippen LogP contribution in [-0.2, 0) is 4.79 Å². The normalized spacial score (nSPS) is 22.6. The van der Waals surface area contributed by atoms with Crippen LogP contribution in [0.1, 0.15) is 30.1 Å². The van der Waals surface area contributed by atoms with Gasteiger partial charge in [0.05, 0.1) is 5.56 Å². The zero-order valence-electron chi connectivity index (χ0n) is 11.0. The van der Waals surface area contributed by atoms with Crippen LogP contribution in [0.5, 0.6) is 5.75 Å². The SMILES string of the molecule is CC1CCN(C(=O)c2ccc(Br)cc2O)C(C(=O)O)C1. The molecule has 1 heterocycles. The molecule has 5 nitrogen and oxygen atoms in total. The van der Waals surface area contributed by atoms with Gasteiger partial charge in [-0.1, -0.05) is 22.9 Å². The van der Waals surface area contributed by atoms with Gasteiger partial charge in [-0.2, -0.15) is 0 Å². The highest BCUT2D eigenvalue weighted by molar-refractivity contribution is 9.10. The van der Waals surface area contributed by atoms with Gasteiger partial charge in [0, 0.05) is 11.0 Å². The largest absolute Gasteiger partial charge is 0.507 e. The number of benzene rings is 1. The first-order chi connectivity index (χ1) is 9.40. The molecule has 1 aromatic carbocycles. The fraction of sp³-hybridized carbons (Fsp3) is 0.429. The van der Waals surface area contributed by atoms with E-state index in [1.165, 1.54) is 17.0 Å². The van der Waals surface area contributed by atoms with Crippen molar-refractivity contribution in [3.8, 4) is 5.75 Å². The van der Waals surface area contributed by atoms with Gasteiger partial charge in [-0.05, 0) is 37.0 Å². The smallest absolute Gasteiger partial charge is 0.326 e. The van der Waals surface area contributed by atoms with E-state index in [9.17, 15) is 19.8 Å². The molecular weight excluding hydrogens is 326 g/mol. The van der Waals surface area contributed by atoms with Gasteiger partial charge < -0.3 is 15.1 Å². The lowest BCUT2D eigenvalue weighted by Crippen LogP contribution is -2.49. The molecule has 2 rings (SSSR count). The fourth-order valence-electron chi connectivity index (χ4n) is 2.46. The summed E-state index contributed by atoms with van der Waals surface area (Å²) in [5, 5.41) is 19.1. The summed E-state index contributed by atoms with van der Waals surface area (Å²) >= 11 is 3.21. The first kappa shape index (κ1) is 14.8. The summed E-state index contributed by atoms with van der Waals surface area (Å²) in [6, 6.07) is 3.75. The molecule has 1 aromatic rings. The number of carbonyl (C=O) groups is 2. The predicted molar refractivity (Wildman–Crippen MR) is 76.7 cm³/mol. The Morgan fingerprint density at radius 3 is 2.70 bits per heavy atom. The number of aromatic hydroxyl groups is 1. The highest BCUT2D eigenvalue weighted by Gasteiger charge is 2.35. The molecule has 0 radical (unpaired) electrons. The average molecular weight is 342 g/mol. The van der Waals surface area contributed by atoms with Gasteiger partial charge in [0.1, 0.15) is 11.8 Å². The number of carbonyl (C=O) groups excluding carboxylic acids is 1. The lowest BCUT2D eigenvalue weighted by molar-refractivity contribution is -0.144. The molecule has 0 bridgehead atoms. The maximum atomic E-state index is 12.4. The second-order valence-electron chi connectivity index (χ2n) is 5.14. The molecule has 1 aliphatic rings.